The Morgan fingerprint density at radius 3 is 2.44 bits per heavy atom. The smallest absolute Gasteiger partial charge is 0.0684 e. The number of hydrogen-bond donors (Lipinski definition) is 0. The number of nitrogens with zero attached hydrogens (tertiary/aromatic N) is 1. The van der Waals surface area contributed by atoms with Crippen molar-refractivity contribution >= 4 is 22.7 Å². The standard InChI is InChI=1S/C17H19N/c1-4-11-18-17(13(2)3)16-10-9-14-7-5-6-8-15(14)12-16/h5-12H,4H2,1-3H3. The van der Waals surface area contributed by atoms with Crippen molar-refractivity contribution in [3.05, 3.63) is 53.6 Å². The highest BCUT2D eigenvalue weighted by molar-refractivity contribution is 5.87. The molecule has 0 aliphatic rings. The summed E-state index contributed by atoms with van der Waals surface area (Å²) in [6.07, 6.45) is 2.93. The monoisotopic (exact) mass is 237 g/mol. The number of aliphatic imine (C=N–C) groups is 1. The van der Waals surface area contributed by atoms with Gasteiger partial charge < -0.3 is 0 Å². The maximum absolute atomic E-state index is 4.57. The minimum absolute atomic E-state index is 0.963. The molecule has 1 heteroatoms. The second-order valence-electron chi connectivity index (χ2n) is 4.63. The normalized spacial score (nSPS) is 11.1. The first-order valence-electron chi connectivity index (χ1n) is 6.41. The third-order valence-electron chi connectivity index (χ3n) is 2.90. The van der Waals surface area contributed by atoms with E-state index in [1.165, 1.54) is 21.9 Å². The Labute approximate surface area is 109 Å². The van der Waals surface area contributed by atoms with E-state index in [9.17, 15) is 0 Å². The molecule has 0 N–H and O–H groups in total. The van der Waals surface area contributed by atoms with E-state index in [2.05, 4.69) is 68.2 Å². The molecule has 0 saturated carbocycles. The van der Waals surface area contributed by atoms with Gasteiger partial charge >= 0.3 is 0 Å². The number of hydrogen-bond acceptors (Lipinski definition) is 1. The minimum atomic E-state index is 0.963. The zero-order valence-corrected chi connectivity index (χ0v) is 11.3. The van der Waals surface area contributed by atoms with Gasteiger partial charge in [-0.15, -0.1) is 0 Å². The van der Waals surface area contributed by atoms with Crippen LogP contribution in [0.15, 0.2) is 53.0 Å². The van der Waals surface area contributed by atoms with Gasteiger partial charge in [-0.25, -0.2) is 0 Å². The summed E-state index contributed by atoms with van der Waals surface area (Å²) in [4.78, 5) is 4.57. The minimum Gasteiger partial charge on any atom is -0.261 e. The Hall–Kier alpha value is -1.89. The first-order chi connectivity index (χ1) is 8.72. The molecular weight excluding hydrogens is 218 g/mol. The van der Waals surface area contributed by atoms with Gasteiger partial charge in [-0.2, -0.15) is 0 Å². The molecule has 2 aromatic rings. The molecule has 18 heavy (non-hydrogen) atoms. The summed E-state index contributed by atoms with van der Waals surface area (Å²) in [7, 11) is 0. The van der Waals surface area contributed by atoms with E-state index in [0.29, 0.717) is 0 Å². The summed E-state index contributed by atoms with van der Waals surface area (Å²) < 4.78 is 0. The fraction of sp³-hybridized carbons (Fsp3) is 0.235. The summed E-state index contributed by atoms with van der Waals surface area (Å²) in [6, 6.07) is 14.9. The second kappa shape index (κ2) is 5.63. The van der Waals surface area contributed by atoms with Gasteiger partial charge in [0.15, 0.2) is 0 Å². The molecule has 92 valence electrons. The first kappa shape index (κ1) is 12.6. The predicted molar refractivity (Wildman–Crippen MR) is 81.0 cm³/mol. The van der Waals surface area contributed by atoms with E-state index in [-0.39, 0.29) is 0 Å². The fourth-order valence-electron chi connectivity index (χ4n) is 2.01. The summed E-state index contributed by atoms with van der Waals surface area (Å²) in [5.74, 6) is 0. The maximum atomic E-state index is 4.57. The van der Waals surface area contributed by atoms with Gasteiger partial charge in [0.05, 0.1) is 5.70 Å². The van der Waals surface area contributed by atoms with Crippen molar-refractivity contribution in [2.24, 2.45) is 4.99 Å². The molecule has 0 aliphatic carbocycles. The largest absolute Gasteiger partial charge is 0.261 e. The molecule has 1 nitrogen and oxygen atoms in total. The van der Waals surface area contributed by atoms with Gasteiger partial charge in [0.25, 0.3) is 0 Å². The molecule has 0 amide bonds. The zero-order chi connectivity index (χ0) is 13.0. The first-order valence-corrected chi connectivity index (χ1v) is 6.41. The van der Waals surface area contributed by atoms with Crippen LogP contribution in [0.5, 0.6) is 0 Å². The van der Waals surface area contributed by atoms with Crippen LogP contribution in [0.4, 0.5) is 0 Å². The molecule has 0 aromatic heterocycles. The third kappa shape index (κ3) is 2.67. The van der Waals surface area contributed by atoms with Crippen LogP contribution in [0, 0.1) is 0 Å². The molecule has 0 fully saturated rings. The van der Waals surface area contributed by atoms with E-state index in [0.717, 1.165) is 12.1 Å². The maximum Gasteiger partial charge on any atom is 0.0684 e. The van der Waals surface area contributed by atoms with Crippen LogP contribution in [-0.2, 0) is 0 Å². The number of rotatable bonds is 3. The van der Waals surface area contributed by atoms with Crippen LogP contribution < -0.4 is 0 Å². The molecule has 0 aliphatic heterocycles. The van der Waals surface area contributed by atoms with Gasteiger partial charge in [0.2, 0.25) is 0 Å². The van der Waals surface area contributed by atoms with Crippen molar-refractivity contribution in [3.8, 4) is 0 Å². The van der Waals surface area contributed by atoms with Gasteiger partial charge in [-0.05, 0) is 37.1 Å². The van der Waals surface area contributed by atoms with Crippen LogP contribution in [0.1, 0.15) is 32.8 Å². The lowest BCUT2D eigenvalue weighted by Crippen LogP contribution is -1.86. The fourth-order valence-corrected chi connectivity index (χ4v) is 2.01. The topological polar surface area (TPSA) is 12.4 Å². The Kier molecular flexibility index (Phi) is 3.93. The van der Waals surface area contributed by atoms with Crippen molar-refractivity contribution in [1.29, 1.82) is 0 Å². The molecule has 0 atom stereocenters. The van der Waals surface area contributed by atoms with Crippen molar-refractivity contribution in [1.82, 2.24) is 0 Å². The van der Waals surface area contributed by atoms with Crippen molar-refractivity contribution in [2.75, 3.05) is 0 Å². The Bertz CT molecular complexity index is 602. The summed E-state index contributed by atoms with van der Waals surface area (Å²) in [6.45, 7) is 6.32. The lowest BCUT2D eigenvalue weighted by atomic mass is 10.0. The summed E-state index contributed by atoms with van der Waals surface area (Å²) in [5.41, 5.74) is 3.52. The van der Waals surface area contributed by atoms with Crippen LogP contribution in [0.25, 0.3) is 16.5 Å². The van der Waals surface area contributed by atoms with E-state index in [1.54, 1.807) is 0 Å². The molecule has 2 rings (SSSR count). The molecular formula is C17H19N. The Balaban J connectivity index is 2.52. The Morgan fingerprint density at radius 1 is 1.06 bits per heavy atom. The van der Waals surface area contributed by atoms with E-state index < -0.39 is 0 Å². The molecule has 0 spiro atoms. The van der Waals surface area contributed by atoms with Crippen LogP contribution >= 0.6 is 0 Å². The highest BCUT2D eigenvalue weighted by Gasteiger charge is 2.02. The van der Waals surface area contributed by atoms with Crippen molar-refractivity contribution < 1.29 is 0 Å². The van der Waals surface area contributed by atoms with Crippen molar-refractivity contribution in [3.63, 3.8) is 0 Å². The number of benzene rings is 2. The second-order valence-corrected chi connectivity index (χ2v) is 4.63. The predicted octanol–water partition coefficient (Wildman–Crippen LogP) is 5.07. The van der Waals surface area contributed by atoms with Gasteiger partial charge in [-0.3, -0.25) is 4.99 Å². The average molecular weight is 237 g/mol. The number of fused-ring (bicyclic) bond motifs is 1. The number of allylic oxidation sites excluding steroid dienone is 1. The lowest BCUT2D eigenvalue weighted by molar-refractivity contribution is 1.29. The molecule has 0 bridgehead atoms. The average Bonchev–Trinajstić information content (AvgIpc) is 2.38. The van der Waals surface area contributed by atoms with Gasteiger partial charge in [0, 0.05) is 11.8 Å². The SMILES string of the molecule is CCC=NC(=C(C)C)c1ccc2ccccc2c1. The van der Waals surface area contributed by atoms with E-state index in [1.807, 2.05) is 6.21 Å². The lowest BCUT2D eigenvalue weighted by Gasteiger charge is -2.06. The zero-order valence-electron chi connectivity index (χ0n) is 11.3. The van der Waals surface area contributed by atoms with Gasteiger partial charge in [0.1, 0.15) is 0 Å². The molecule has 0 unspecified atom stereocenters. The molecule has 0 heterocycles. The van der Waals surface area contributed by atoms with Crippen LogP contribution in [-0.4, -0.2) is 6.21 Å². The highest BCUT2D eigenvalue weighted by atomic mass is 14.7. The Morgan fingerprint density at radius 2 is 1.78 bits per heavy atom. The van der Waals surface area contributed by atoms with Crippen LogP contribution in [0.2, 0.25) is 0 Å². The van der Waals surface area contributed by atoms with E-state index >= 15 is 0 Å². The molecule has 0 saturated heterocycles. The van der Waals surface area contributed by atoms with Crippen LogP contribution in [0.3, 0.4) is 0 Å². The highest BCUT2D eigenvalue weighted by Crippen LogP contribution is 2.24. The summed E-state index contributed by atoms with van der Waals surface area (Å²) >= 11 is 0. The van der Waals surface area contributed by atoms with Crippen molar-refractivity contribution in [2.45, 2.75) is 27.2 Å². The molecule has 2 aromatic carbocycles. The third-order valence-corrected chi connectivity index (χ3v) is 2.90. The van der Waals surface area contributed by atoms with Gasteiger partial charge in [-0.1, -0.05) is 48.9 Å². The quantitative estimate of drug-likeness (QED) is 0.661. The van der Waals surface area contributed by atoms with E-state index in [4.69, 9.17) is 0 Å². The molecule has 0 radical (unpaired) electrons. The summed E-state index contributed by atoms with van der Waals surface area (Å²) in [5, 5.41) is 2.54.